The fraction of sp³-hybridized carbons (Fsp3) is 0.188. The van der Waals surface area contributed by atoms with Crippen LogP contribution in [0.25, 0.3) is 0 Å². The molecule has 0 saturated carbocycles. The van der Waals surface area contributed by atoms with E-state index < -0.39 is 30.0 Å². The van der Waals surface area contributed by atoms with Crippen molar-refractivity contribution in [3.63, 3.8) is 0 Å². The Hall–Kier alpha value is -2.70. The highest BCUT2D eigenvalue weighted by atomic mass is 19.4. The average Bonchev–Trinajstić information content (AvgIpc) is 2.53. The molecule has 0 saturated heterocycles. The average molecular weight is 325 g/mol. The lowest BCUT2D eigenvalue weighted by Gasteiger charge is -2.14. The molecule has 0 fully saturated rings. The van der Waals surface area contributed by atoms with E-state index in [9.17, 15) is 18.0 Å². The molecule has 2 aromatic carbocycles. The number of halogens is 3. The summed E-state index contributed by atoms with van der Waals surface area (Å²) < 4.78 is 48.5. The molecule has 0 radical (unpaired) electrons. The summed E-state index contributed by atoms with van der Waals surface area (Å²) in [6.07, 6.45) is -4.55. The molecule has 0 unspecified atom stereocenters. The second kappa shape index (κ2) is 7.04. The third-order valence-electron chi connectivity index (χ3n) is 2.93. The molecule has 0 bridgehead atoms. The normalized spacial score (nSPS) is 11.0. The van der Waals surface area contributed by atoms with E-state index in [1.165, 1.54) is 25.3 Å². The van der Waals surface area contributed by atoms with Crippen molar-refractivity contribution in [3.8, 4) is 11.5 Å². The Morgan fingerprint density at radius 3 is 2.30 bits per heavy atom. The monoisotopic (exact) mass is 325 g/mol. The number of carbonyl (C=O) groups is 1. The third kappa shape index (κ3) is 4.38. The molecule has 0 aromatic heterocycles. The zero-order chi connectivity index (χ0) is 16.9. The van der Waals surface area contributed by atoms with Crippen molar-refractivity contribution >= 4 is 11.6 Å². The summed E-state index contributed by atoms with van der Waals surface area (Å²) in [6.45, 7) is -0.550. The Bertz CT molecular complexity index is 686. The van der Waals surface area contributed by atoms with Crippen molar-refractivity contribution < 1.29 is 27.4 Å². The number of rotatable bonds is 5. The minimum Gasteiger partial charge on any atom is -0.495 e. The van der Waals surface area contributed by atoms with Gasteiger partial charge < -0.3 is 14.8 Å². The zero-order valence-corrected chi connectivity index (χ0v) is 12.2. The van der Waals surface area contributed by atoms with Gasteiger partial charge >= 0.3 is 6.18 Å². The number of hydrogen-bond acceptors (Lipinski definition) is 3. The smallest absolute Gasteiger partial charge is 0.419 e. The first-order valence-electron chi connectivity index (χ1n) is 6.63. The SMILES string of the molecule is COc1ccccc1NC(=O)COc1ccccc1C(F)(F)F. The predicted molar refractivity (Wildman–Crippen MR) is 78.6 cm³/mol. The topological polar surface area (TPSA) is 47.6 Å². The van der Waals surface area contributed by atoms with Crippen LogP contribution in [0.2, 0.25) is 0 Å². The highest BCUT2D eigenvalue weighted by Gasteiger charge is 2.34. The molecule has 0 aliphatic heterocycles. The standard InChI is InChI=1S/C16H14F3NO3/c1-22-14-9-5-3-7-12(14)20-15(21)10-23-13-8-4-2-6-11(13)16(17,18)19/h2-9H,10H2,1H3,(H,20,21). The summed E-state index contributed by atoms with van der Waals surface area (Å²) in [5, 5.41) is 2.52. The first-order valence-corrected chi connectivity index (χ1v) is 6.63. The van der Waals surface area contributed by atoms with E-state index >= 15 is 0 Å². The van der Waals surface area contributed by atoms with Gasteiger partial charge in [-0.15, -0.1) is 0 Å². The minimum atomic E-state index is -4.55. The number of nitrogens with one attached hydrogen (secondary N) is 1. The number of methoxy groups -OCH3 is 1. The number of benzene rings is 2. The molecule has 2 rings (SSSR count). The Labute approximate surface area is 130 Å². The molecule has 122 valence electrons. The van der Waals surface area contributed by atoms with Crippen LogP contribution in [0.5, 0.6) is 11.5 Å². The Morgan fingerprint density at radius 2 is 1.65 bits per heavy atom. The lowest BCUT2D eigenvalue weighted by atomic mass is 10.2. The summed E-state index contributed by atoms with van der Waals surface area (Å²) in [5.41, 5.74) is -0.516. The van der Waals surface area contributed by atoms with Crippen LogP contribution in [-0.2, 0) is 11.0 Å². The fourth-order valence-corrected chi connectivity index (χ4v) is 1.90. The molecule has 0 aliphatic rings. The van der Waals surface area contributed by atoms with Gasteiger partial charge in [-0.2, -0.15) is 13.2 Å². The van der Waals surface area contributed by atoms with E-state index in [-0.39, 0.29) is 0 Å². The number of anilines is 1. The number of para-hydroxylation sites is 3. The van der Waals surface area contributed by atoms with Crippen LogP contribution in [-0.4, -0.2) is 19.6 Å². The zero-order valence-electron chi connectivity index (χ0n) is 12.2. The molecule has 0 atom stereocenters. The van der Waals surface area contributed by atoms with Gasteiger partial charge in [0.1, 0.15) is 11.5 Å². The summed E-state index contributed by atoms with van der Waals surface area (Å²) in [6, 6.07) is 11.4. The maximum Gasteiger partial charge on any atom is 0.419 e. The second-order valence-corrected chi connectivity index (χ2v) is 4.53. The van der Waals surface area contributed by atoms with Crippen molar-refractivity contribution in [3.05, 3.63) is 54.1 Å². The van der Waals surface area contributed by atoms with Crippen LogP contribution in [0, 0.1) is 0 Å². The first-order chi connectivity index (χ1) is 10.9. The lowest BCUT2D eigenvalue weighted by Crippen LogP contribution is -2.21. The number of carbonyl (C=O) groups excluding carboxylic acids is 1. The Kier molecular flexibility index (Phi) is 5.10. The van der Waals surface area contributed by atoms with Crippen molar-refractivity contribution in [2.75, 3.05) is 19.0 Å². The Balaban J connectivity index is 2.03. The van der Waals surface area contributed by atoms with E-state index in [4.69, 9.17) is 9.47 Å². The molecule has 1 N–H and O–H groups in total. The second-order valence-electron chi connectivity index (χ2n) is 4.53. The summed E-state index contributed by atoms with van der Waals surface area (Å²) in [4.78, 5) is 11.8. The third-order valence-corrected chi connectivity index (χ3v) is 2.93. The van der Waals surface area contributed by atoms with Gasteiger partial charge in [-0.05, 0) is 24.3 Å². The van der Waals surface area contributed by atoms with Crippen molar-refractivity contribution in [1.82, 2.24) is 0 Å². The molecule has 7 heteroatoms. The summed E-state index contributed by atoms with van der Waals surface area (Å²) in [7, 11) is 1.45. The van der Waals surface area contributed by atoms with Gasteiger partial charge in [-0.3, -0.25) is 4.79 Å². The van der Waals surface area contributed by atoms with Crippen molar-refractivity contribution in [2.24, 2.45) is 0 Å². The summed E-state index contributed by atoms with van der Waals surface area (Å²) >= 11 is 0. The van der Waals surface area contributed by atoms with Crippen molar-refractivity contribution in [1.29, 1.82) is 0 Å². The number of amides is 1. The van der Waals surface area contributed by atoms with Gasteiger partial charge in [0, 0.05) is 0 Å². The molecule has 2 aromatic rings. The van der Waals surface area contributed by atoms with Crippen LogP contribution in [0.4, 0.5) is 18.9 Å². The number of alkyl halides is 3. The molecule has 4 nitrogen and oxygen atoms in total. The van der Waals surface area contributed by atoms with E-state index in [0.29, 0.717) is 11.4 Å². The van der Waals surface area contributed by atoms with Crippen LogP contribution < -0.4 is 14.8 Å². The van der Waals surface area contributed by atoms with Crippen LogP contribution in [0.3, 0.4) is 0 Å². The van der Waals surface area contributed by atoms with Gasteiger partial charge in [0.05, 0.1) is 18.4 Å². The van der Waals surface area contributed by atoms with E-state index in [1.54, 1.807) is 24.3 Å². The number of ether oxygens (including phenoxy) is 2. The van der Waals surface area contributed by atoms with Crippen LogP contribution in [0.15, 0.2) is 48.5 Å². The van der Waals surface area contributed by atoms with Crippen molar-refractivity contribution in [2.45, 2.75) is 6.18 Å². The molecule has 0 aliphatic carbocycles. The maximum absolute atomic E-state index is 12.8. The first kappa shape index (κ1) is 16.7. The van der Waals surface area contributed by atoms with Gasteiger partial charge in [0.2, 0.25) is 0 Å². The van der Waals surface area contributed by atoms with Crippen LogP contribution in [0.1, 0.15) is 5.56 Å². The highest BCUT2D eigenvalue weighted by Crippen LogP contribution is 2.35. The Morgan fingerprint density at radius 1 is 1.04 bits per heavy atom. The van der Waals surface area contributed by atoms with Gasteiger partial charge in [-0.1, -0.05) is 24.3 Å². The largest absolute Gasteiger partial charge is 0.495 e. The predicted octanol–water partition coefficient (Wildman–Crippen LogP) is 3.73. The molecular weight excluding hydrogens is 311 g/mol. The highest BCUT2D eigenvalue weighted by molar-refractivity contribution is 5.93. The number of hydrogen-bond donors (Lipinski definition) is 1. The van der Waals surface area contributed by atoms with Gasteiger partial charge in [-0.25, -0.2) is 0 Å². The minimum absolute atomic E-state index is 0.393. The molecular formula is C16H14F3NO3. The maximum atomic E-state index is 12.8. The van der Waals surface area contributed by atoms with E-state index in [0.717, 1.165) is 6.07 Å². The molecule has 0 heterocycles. The lowest BCUT2D eigenvalue weighted by molar-refractivity contribution is -0.139. The molecule has 1 amide bonds. The summed E-state index contributed by atoms with van der Waals surface area (Å²) in [5.74, 6) is -0.543. The quantitative estimate of drug-likeness (QED) is 0.911. The van der Waals surface area contributed by atoms with E-state index in [1.807, 2.05) is 0 Å². The van der Waals surface area contributed by atoms with Gasteiger partial charge in [0.15, 0.2) is 6.61 Å². The van der Waals surface area contributed by atoms with E-state index in [2.05, 4.69) is 5.32 Å². The molecule has 23 heavy (non-hydrogen) atoms. The van der Waals surface area contributed by atoms with Gasteiger partial charge in [0.25, 0.3) is 5.91 Å². The fourth-order valence-electron chi connectivity index (χ4n) is 1.90. The molecule has 0 spiro atoms. The van der Waals surface area contributed by atoms with Crippen LogP contribution >= 0.6 is 0 Å².